The maximum absolute atomic E-state index is 14.7. The monoisotopic (exact) mass is 880 g/mol. The molecular weight excluding hydrogens is 808 g/mol. The Hall–Kier alpha value is -3.37. The Balaban J connectivity index is 1.95. The van der Waals surface area contributed by atoms with Gasteiger partial charge >= 0.3 is 24.0 Å². The fourth-order valence-electron chi connectivity index (χ4n) is 10.2. The maximum Gasteiger partial charge on any atom is 0.408 e. The minimum absolute atomic E-state index is 0.0498. The van der Waals surface area contributed by atoms with Crippen molar-refractivity contribution >= 4 is 29.8 Å². The van der Waals surface area contributed by atoms with E-state index in [-0.39, 0.29) is 43.8 Å². The van der Waals surface area contributed by atoms with Gasteiger partial charge in [0.15, 0.2) is 30.4 Å². The van der Waals surface area contributed by atoms with Crippen molar-refractivity contribution < 1.29 is 71.3 Å². The molecule has 0 bridgehead atoms. The van der Waals surface area contributed by atoms with Crippen LogP contribution in [0.2, 0.25) is 0 Å². The molecule has 18 atom stereocenters. The summed E-state index contributed by atoms with van der Waals surface area (Å²) in [6, 6.07) is -1.18. The number of Topliss-reactive ketones (excluding diaryl/α,β-unsaturated/α-hetero) is 1. The van der Waals surface area contributed by atoms with E-state index in [0.29, 0.717) is 6.42 Å². The molecule has 0 aliphatic carbocycles. The average molecular weight is 881 g/mol. The molecular formula is C45H72N2O15. The number of fused-ring (bicyclic) bond motifs is 1. The largest absolute Gasteiger partial charge is 0.458 e. The van der Waals surface area contributed by atoms with Gasteiger partial charge in [-0.1, -0.05) is 33.6 Å². The van der Waals surface area contributed by atoms with E-state index in [4.69, 9.17) is 53.8 Å². The highest BCUT2D eigenvalue weighted by Crippen LogP contribution is 2.43. The molecule has 0 saturated carbocycles. The summed E-state index contributed by atoms with van der Waals surface area (Å²) in [5.74, 6) is -2.80. The second kappa shape index (κ2) is 20.6. The first-order valence-electron chi connectivity index (χ1n) is 21.8. The van der Waals surface area contributed by atoms with E-state index in [1.54, 1.807) is 55.4 Å². The van der Waals surface area contributed by atoms with Gasteiger partial charge in [-0.3, -0.25) is 19.2 Å². The van der Waals surface area contributed by atoms with Gasteiger partial charge in [0.25, 0.3) is 0 Å². The number of nitrogens with one attached hydrogen (secondary N) is 1. The molecule has 0 aromatic rings. The first-order valence-corrected chi connectivity index (χ1v) is 21.8. The van der Waals surface area contributed by atoms with Crippen molar-refractivity contribution in [3.8, 4) is 12.3 Å². The molecule has 4 rings (SSSR count). The fourth-order valence-corrected chi connectivity index (χ4v) is 10.2. The number of terminal acetylenes is 1. The smallest absolute Gasteiger partial charge is 0.408 e. The Bertz CT molecular complexity index is 1650. The van der Waals surface area contributed by atoms with Gasteiger partial charge in [0.05, 0.1) is 48.0 Å². The summed E-state index contributed by atoms with van der Waals surface area (Å²) in [4.78, 5) is 69.1. The van der Waals surface area contributed by atoms with Crippen LogP contribution in [-0.2, 0) is 66.5 Å². The number of methoxy groups -OCH3 is 1. The Morgan fingerprint density at radius 3 is 2.10 bits per heavy atom. The van der Waals surface area contributed by atoms with Crippen LogP contribution in [0.25, 0.3) is 0 Å². The Kier molecular flexibility index (Phi) is 17.1. The van der Waals surface area contributed by atoms with Crippen molar-refractivity contribution in [3.63, 3.8) is 0 Å². The standard InChI is InChI=1S/C45H72N2O15/c1-17-19-54-44(12)21-23(3)34(50)25(5)37-45(13,62-42(52)46-37)32(18-2)59-40(51)27(7)35(60-33-22-43(11,53-16)39(28(8)56-33)58-30(10)49)26(6)38(44)61-41-36(57-29(9)48)31(47(14)15)20-24(4)55-41/h1,23-28,31-33,35-39,41H,18-22H2,2-16H3,(H,46,52)/t23-,24-,25+,26+,27-,28+,31+,32?,33+,35?,36-,37-,38-,39+,41+,43-,44-,45-/m1/s1. The van der Waals surface area contributed by atoms with E-state index in [2.05, 4.69) is 11.2 Å². The van der Waals surface area contributed by atoms with Crippen LogP contribution in [0.1, 0.15) is 109 Å². The molecule has 17 nitrogen and oxygen atoms in total. The molecule has 17 heteroatoms. The van der Waals surface area contributed by atoms with Crippen LogP contribution in [0.15, 0.2) is 0 Å². The molecule has 4 aliphatic heterocycles. The van der Waals surface area contributed by atoms with Gasteiger partial charge in [0.1, 0.15) is 24.1 Å². The van der Waals surface area contributed by atoms with Crippen molar-refractivity contribution in [2.45, 2.75) is 193 Å². The summed E-state index contributed by atoms with van der Waals surface area (Å²) in [7, 11) is 5.26. The van der Waals surface area contributed by atoms with Crippen LogP contribution in [-0.4, -0.2) is 147 Å². The lowest BCUT2D eigenvalue weighted by Crippen LogP contribution is -2.62. The second-order valence-electron chi connectivity index (χ2n) is 18.6. The number of cyclic esters (lactones) is 1. The van der Waals surface area contributed by atoms with Crippen LogP contribution >= 0.6 is 0 Å². The van der Waals surface area contributed by atoms with E-state index in [9.17, 15) is 24.0 Å². The van der Waals surface area contributed by atoms with Crippen LogP contribution < -0.4 is 5.32 Å². The van der Waals surface area contributed by atoms with Crippen molar-refractivity contribution in [2.24, 2.45) is 23.7 Å². The SMILES string of the molecule is C#CCO[C@]1(C)C[C@@H](C)C(=O)[C@H](C)[C@H]2NC(=O)O[C@]2(C)C(CC)OC(=O)[C@H](C)C(O[C@H]2C[C@@](C)(OC)[C@@H](OC(C)=O)[C@H](C)O2)[C@H](C)[C@H]1O[C@@H]1O[C@H](C)C[C@H](N(C)C)[C@H]1OC(C)=O. The topological polar surface area (TPSA) is 193 Å². The van der Waals surface area contributed by atoms with E-state index >= 15 is 0 Å². The number of ether oxygens (including phenoxy) is 10. The van der Waals surface area contributed by atoms with Gasteiger partial charge in [-0.25, -0.2) is 4.79 Å². The highest BCUT2D eigenvalue weighted by Gasteiger charge is 2.58. The van der Waals surface area contributed by atoms with Crippen molar-refractivity contribution in [3.05, 3.63) is 0 Å². The molecule has 4 heterocycles. The van der Waals surface area contributed by atoms with Crippen LogP contribution in [0.4, 0.5) is 4.79 Å². The van der Waals surface area contributed by atoms with Crippen LogP contribution in [0, 0.1) is 36.0 Å². The molecule has 62 heavy (non-hydrogen) atoms. The first kappa shape index (κ1) is 51.3. The number of carbonyl (C=O) groups is 5. The number of hydrogen-bond donors (Lipinski definition) is 1. The number of likely N-dealkylation sites (N-methyl/N-ethyl adjacent to an activating group) is 1. The molecule has 0 aromatic carbocycles. The molecule has 1 amide bonds. The molecule has 1 N–H and O–H groups in total. The molecule has 4 aliphatic rings. The highest BCUT2D eigenvalue weighted by atomic mass is 16.7. The third kappa shape index (κ3) is 11.1. The maximum atomic E-state index is 14.7. The number of amides is 1. The Labute approximate surface area is 367 Å². The van der Waals surface area contributed by atoms with Gasteiger partial charge in [-0.2, -0.15) is 0 Å². The molecule has 352 valence electrons. The predicted octanol–water partition coefficient (Wildman–Crippen LogP) is 4.34. The van der Waals surface area contributed by atoms with E-state index in [1.165, 1.54) is 21.0 Å². The molecule has 4 fully saturated rings. The van der Waals surface area contributed by atoms with Gasteiger partial charge in [0.2, 0.25) is 0 Å². The average Bonchev–Trinajstić information content (AvgIpc) is 3.51. The van der Waals surface area contributed by atoms with E-state index < -0.39 is 120 Å². The summed E-state index contributed by atoms with van der Waals surface area (Å²) >= 11 is 0. The van der Waals surface area contributed by atoms with Gasteiger partial charge in [-0.15, -0.1) is 6.42 Å². The number of nitrogens with zero attached hydrogens (tertiary/aromatic N) is 1. The number of hydrogen-bond acceptors (Lipinski definition) is 16. The molecule has 2 unspecified atom stereocenters. The first-order chi connectivity index (χ1) is 28.9. The van der Waals surface area contributed by atoms with Gasteiger partial charge in [-0.05, 0) is 74.9 Å². The number of rotatable bonds is 11. The molecule has 4 saturated heterocycles. The predicted molar refractivity (Wildman–Crippen MR) is 223 cm³/mol. The quantitative estimate of drug-likeness (QED) is 0.175. The summed E-state index contributed by atoms with van der Waals surface area (Å²) in [5, 5.41) is 2.82. The van der Waals surface area contributed by atoms with Crippen LogP contribution in [0.3, 0.4) is 0 Å². The lowest BCUT2D eigenvalue weighted by Gasteiger charge is -2.50. The van der Waals surface area contributed by atoms with E-state index in [0.717, 1.165) is 0 Å². The van der Waals surface area contributed by atoms with Gasteiger partial charge < -0.3 is 57.6 Å². The Morgan fingerprint density at radius 1 is 0.887 bits per heavy atom. The van der Waals surface area contributed by atoms with Crippen molar-refractivity contribution in [1.82, 2.24) is 10.2 Å². The lowest BCUT2D eigenvalue weighted by atomic mass is 9.73. The number of carbonyl (C=O) groups excluding carboxylic acids is 5. The zero-order valence-corrected chi connectivity index (χ0v) is 39.3. The third-order valence-corrected chi connectivity index (χ3v) is 13.4. The summed E-state index contributed by atoms with van der Waals surface area (Å²) < 4.78 is 63.3. The van der Waals surface area contributed by atoms with Crippen LogP contribution in [0.5, 0.6) is 0 Å². The minimum atomic E-state index is -1.42. The summed E-state index contributed by atoms with van der Waals surface area (Å²) in [6.07, 6.45) is -2.09. The zero-order valence-electron chi connectivity index (χ0n) is 39.3. The zero-order chi connectivity index (χ0) is 46.6. The molecule has 0 spiro atoms. The fraction of sp³-hybridized carbons (Fsp3) is 0.844. The third-order valence-electron chi connectivity index (χ3n) is 13.4. The normalized spacial score (nSPS) is 43.3. The molecule has 0 aromatic heterocycles. The molecule has 0 radical (unpaired) electrons. The second-order valence-corrected chi connectivity index (χ2v) is 18.6. The highest BCUT2D eigenvalue weighted by molar-refractivity contribution is 5.85. The van der Waals surface area contributed by atoms with Crippen molar-refractivity contribution in [2.75, 3.05) is 27.8 Å². The number of ketones is 1. The summed E-state index contributed by atoms with van der Waals surface area (Å²) in [6.45, 7) is 20.1. The summed E-state index contributed by atoms with van der Waals surface area (Å²) in [5.41, 5.74) is -3.91. The lowest BCUT2D eigenvalue weighted by molar-refractivity contribution is -0.321. The van der Waals surface area contributed by atoms with E-state index in [1.807, 2.05) is 32.8 Å². The number of alkyl carbamates (subject to hydrolysis) is 1. The Morgan fingerprint density at radius 2 is 1.53 bits per heavy atom. The van der Waals surface area contributed by atoms with Crippen molar-refractivity contribution in [1.29, 1.82) is 0 Å². The number of esters is 3. The van der Waals surface area contributed by atoms with Gasteiger partial charge in [0, 0.05) is 45.1 Å². The minimum Gasteiger partial charge on any atom is -0.458 e.